The highest BCUT2D eigenvalue weighted by atomic mass is 16.3. The SMILES string of the molecule is CN(C)c1cc(C#CC2=CCCC2)c(O)c2c1C[C@@H]1C[C@@H]3[C@@H](N(C)C)C(=O)C(C(N)=O)=C(O)[C@]3(O)C(=O)C1=C2O. The lowest BCUT2D eigenvalue weighted by molar-refractivity contribution is -0.153. The van der Waals surface area contributed by atoms with Gasteiger partial charge in [0.1, 0.15) is 22.8 Å². The van der Waals surface area contributed by atoms with Crippen LogP contribution in [0.1, 0.15) is 42.4 Å². The van der Waals surface area contributed by atoms with E-state index in [2.05, 4.69) is 11.8 Å². The Morgan fingerprint density at radius 1 is 1.12 bits per heavy atom. The molecule has 4 aliphatic rings. The summed E-state index contributed by atoms with van der Waals surface area (Å²) in [6.07, 6.45) is 5.12. The van der Waals surface area contributed by atoms with Gasteiger partial charge in [-0.1, -0.05) is 17.9 Å². The van der Waals surface area contributed by atoms with Crippen molar-refractivity contribution in [2.45, 2.75) is 43.7 Å². The number of allylic oxidation sites excluding steroid dienone is 2. The maximum atomic E-state index is 14.0. The van der Waals surface area contributed by atoms with Crippen LogP contribution in [0.25, 0.3) is 5.76 Å². The first-order valence-corrected chi connectivity index (χ1v) is 13.2. The van der Waals surface area contributed by atoms with Crippen molar-refractivity contribution in [3.05, 3.63) is 51.3 Å². The molecular weight excluding hydrogens is 514 g/mol. The van der Waals surface area contributed by atoms with E-state index in [1.807, 2.05) is 25.1 Å². The number of Topliss-reactive ketones (excluding diaryl/α,β-unsaturated/α-hetero) is 2. The van der Waals surface area contributed by atoms with Crippen molar-refractivity contribution in [2.75, 3.05) is 33.1 Å². The van der Waals surface area contributed by atoms with Gasteiger partial charge in [-0.2, -0.15) is 0 Å². The number of aliphatic hydroxyl groups is 3. The fraction of sp³-hybridized carbons (Fsp3) is 0.433. The number of carbonyl (C=O) groups is 3. The third-order valence-electron chi connectivity index (χ3n) is 8.58. The molecule has 5 rings (SSSR count). The number of phenols is 1. The average Bonchev–Trinajstić information content (AvgIpc) is 3.39. The number of anilines is 1. The summed E-state index contributed by atoms with van der Waals surface area (Å²) < 4.78 is 0. The lowest BCUT2D eigenvalue weighted by atomic mass is 9.57. The van der Waals surface area contributed by atoms with Crippen LogP contribution in [0, 0.1) is 23.7 Å². The van der Waals surface area contributed by atoms with Crippen LogP contribution >= 0.6 is 0 Å². The summed E-state index contributed by atoms with van der Waals surface area (Å²) in [6, 6.07) is 0.623. The van der Waals surface area contributed by atoms with Crippen LogP contribution in [0.3, 0.4) is 0 Å². The molecule has 1 aromatic carbocycles. The smallest absolute Gasteiger partial charge is 0.255 e. The van der Waals surface area contributed by atoms with E-state index in [4.69, 9.17) is 5.73 Å². The molecule has 0 aliphatic heterocycles. The minimum Gasteiger partial charge on any atom is -0.508 e. The lowest BCUT2D eigenvalue weighted by Gasteiger charge is -2.50. The standard InChI is InChI=1S/C30H33N3O7/c1-32(2)19-13-15(10-9-14-7-5-6-8-14)24(34)21-17(19)11-16-12-18-23(33(3)4)26(36)22(29(31)39)28(38)30(18,40)27(37)20(16)25(21)35/h7,13,16,18,23,34-35,38,40H,5-6,8,11-12H2,1-4H3,(H2,31,39)/t16-,18-,23-,30-/m1/s1. The van der Waals surface area contributed by atoms with Gasteiger partial charge in [-0.05, 0) is 69.3 Å². The number of rotatable bonds is 3. The highest BCUT2D eigenvalue weighted by Crippen LogP contribution is 2.54. The summed E-state index contributed by atoms with van der Waals surface area (Å²) in [4.78, 5) is 42.7. The van der Waals surface area contributed by atoms with Crippen LogP contribution in [-0.2, 0) is 20.8 Å². The van der Waals surface area contributed by atoms with Gasteiger partial charge in [0.25, 0.3) is 5.91 Å². The Morgan fingerprint density at radius 2 is 1.82 bits per heavy atom. The molecule has 0 heterocycles. The molecule has 0 saturated heterocycles. The first-order valence-electron chi connectivity index (χ1n) is 13.2. The maximum absolute atomic E-state index is 14.0. The Bertz CT molecular complexity index is 1520. The number of fused-ring (bicyclic) bond motifs is 3. The molecule has 1 saturated carbocycles. The van der Waals surface area contributed by atoms with E-state index in [1.54, 1.807) is 20.2 Å². The number of amides is 1. The van der Waals surface area contributed by atoms with E-state index in [0.29, 0.717) is 11.3 Å². The normalized spacial score (nSPS) is 27.6. The molecular formula is C30H33N3O7. The molecule has 10 nitrogen and oxygen atoms in total. The molecule has 1 amide bonds. The third-order valence-corrected chi connectivity index (χ3v) is 8.58. The number of aliphatic hydroxyl groups excluding tert-OH is 2. The van der Waals surface area contributed by atoms with Gasteiger partial charge in [-0.3, -0.25) is 19.3 Å². The van der Waals surface area contributed by atoms with Crippen LogP contribution in [0.4, 0.5) is 5.69 Å². The van der Waals surface area contributed by atoms with Crippen molar-refractivity contribution < 1.29 is 34.8 Å². The van der Waals surface area contributed by atoms with Crippen LogP contribution in [0.2, 0.25) is 0 Å². The van der Waals surface area contributed by atoms with Gasteiger partial charge in [-0.15, -0.1) is 0 Å². The highest BCUT2D eigenvalue weighted by molar-refractivity contribution is 6.24. The van der Waals surface area contributed by atoms with Gasteiger partial charge in [0.15, 0.2) is 11.4 Å². The third kappa shape index (κ3) is 3.84. The zero-order chi connectivity index (χ0) is 29.3. The van der Waals surface area contributed by atoms with Crippen molar-refractivity contribution in [2.24, 2.45) is 17.6 Å². The van der Waals surface area contributed by atoms with Gasteiger partial charge in [0.2, 0.25) is 5.78 Å². The van der Waals surface area contributed by atoms with E-state index < -0.39 is 58.0 Å². The first kappa shape index (κ1) is 27.5. The lowest BCUT2D eigenvalue weighted by Crippen LogP contribution is -2.65. The topological polar surface area (TPSA) is 165 Å². The Kier molecular flexibility index (Phi) is 6.56. The number of ketones is 2. The van der Waals surface area contributed by atoms with Gasteiger partial charge in [0.05, 0.1) is 17.2 Å². The number of aromatic hydroxyl groups is 1. The van der Waals surface area contributed by atoms with Gasteiger partial charge in [-0.25, -0.2) is 0 Å². The van der Waals surface area contributed by atoms with Crippen molar-refractivity contribution in [3.8, 4) is 17.6 Å². The van der Waals surface area contributed by atoms with Gasteiger partial charge in [0, 0.05) is 31.3 Å². The van der Waals surface area contributed by atoms with Crippen LogP contribution in [0.15, 0.2) is 34.6 Å². The number of hydrogen-bond donors (Lipinski definition) is 5. The Hall–Kier alpha value is -4.07. The average molecular weight is 548 g/mol. The zero-order valence-corrected chi connectivity index (χ0v) is 22.9. The quantitative estimate of drug-likeness (QED) is 0.279. The monoisotopic (exact) mass is 547 g/mol. The first-order chi connectivity index (χ1) is 18.8. The molecule has 0 radical (unpaired) electrons. The molecule has 6 N–H and O–H groups in total. The predicted octanol–water partition coefficient (Wildman–Crippen LogP) is 1.49. The molecule has 40 heavy (non-hydrogen) atoms. The van der Waals surface area contributed by atoms with Gasteiger partial charge < -0.3 is 31.1 Å². The number of phenolic OH excluding ortho intramolecular Hbond substituents is 1. The van der Waals surface area contributed by atoms with E-state index in [-0.39, 0.29) is 35.3 Å². The van der Waals surface area contributed by atoms with Crippen molar-refractivity contribution in [3.63, 3.8) is 0 Å². The second kappa shape index (κ2) is 9.54. The largest absolute Gasteiger partial charge is 0.508 e. The molecule has 4 aliphatic carbocycles. The van der Waals surface area contributed by atoms with Crippen LogP contribution in [-0.4, -0.2) is 82.6 Å². The number of carbonyl (C=O) groups excluding carboxylic acids is 3. The fourth-order valence-corrected chi connectivity index (χ4v) is 6.72. The summed E-state index contributed by atoms with van der Waals surface area (Å²) in [5.41, 5.74) is 4.26. The maximum Gasteiger partial charge on any atom is 0.255 e. The van der Waals surface area contributed by atoms with Gasteiger partial charge >= 0.3 is 0 Å². The molecule has 4 atom stereocenters. The molecule has 210 valence electrons. The molecule has 0 unspecified atom stereocenters. The fourth-order valence-electron chi connectivity index (χ4n) is 6.72. The second-order valence-electron chi connectivity index (χ2n) is 11.4. The minimum atomic E-state index is -2.67. The second-order valence-corrected chi connectivity index (χ2v) is 11.4. The molecule has 1 fully saturated rings. The number of primary amides is 1. The summed E-state index contributed by atoms with van der Waals surface area (Å²) in [5, 5.41) is 45.6. The highest BCUT2D eigenvalue weighted by Gasteiger charge is 2.64. The summed E-state index contributed by atoms with van der Waals surface area (Å²) in [5.74, 6) is -0.678. The minimum absolute atomic E-state index is 0.0344. The molecule has 0 aromatic heterocycles. The van der Waals surface area contributed by atoms with E-state index in [1.165, 1.54) is 4.90 Å². The summed E-state index contributed by atoms with van der Waals surface area (Å²) in [6.45, 7) is 0. The van der Waals surface area contributed by atoms with Crippen molar-refractivity contribution >= 4 is 28.9 Å². The molecule has 1 aromatic rings. The van der Waals surface area contributed by atoms with Crippen molar-refractivity contribution in [1.29, 1.82) is 0 Å². The van der Waals surface area contributed by atoms with E-state index in [9.17, 15) is 34.8 Å². The Labute approximate surface area is 232 Å². The van der Waals surface area contributed by atoms with E-state index in [0.717, 1.165) is 24.8 Å². The summed E-state index contributed by atoms with van der Waals surface area (Å²) >= 11 is 0. The van der Waals surface area contributed by atoms with Crippen molar-refractivity contribution in [1.82, 2.24) is 4.90 Å². The Balaban J connectivity index is 1.73. The van der Waals surface area contributed by atoms with Crippen LogP contribution in [0.5, 0.6) is 5.75 Å². The Morgan fingerprint density at radius 3 is 2.40 bits per heavy atom. The molecule has 0 spiro atoms. The zero-order valence-electron chi connectivity index (χ0n) is 22.9. The number of likely N-dealkylation sites (N-methyl/N-ethyl adjacent to an activating group) is 1. The number of benzene rings is 1. The predicted molar refractivity (Wildman–Crippen MR) is 147 cm³/mol. The van der Waals surface area contributed by atoms with Crippen LogP contribution < -0.4 is 10.6 Å². The summed E-state index contributed by atoms with van der Waals surface area (Å²) in [7, 11) is 6.78. The number of nitrogens with zero attached hydrogens (tertiary/aromatic N) is 2. The number of hydrogen-bond acceptors (Lipinski definition) is 9. The number of nitrogens with two attached hydrogens (primary N) is 1. The molecule has 10 heteroatoms. The molecule has 0 bridgehead atoms. The van der Waals surface area contributed by atoms with E-state index >= 15 is 0 Å².